The van der Waals surface area contributed by atoms with Crippen LogP contribution in [0.1, 0.15) is 26.7 Å². The average Bonchev–Trinajstić information content (AvgIpc) is 2.21. The van der Waals surface area contributed by atoms with E-state index in [4.69, 9.17) is 4.55 Å². The minimum Gasteiger partial charge on any atom is -0.461 e. The highest BCUT2D eigenvalue weighted by Crippen LogP contribution is 2.03. The van der Waals surface area contributed by atoms with Crippen molar-refractivity contribution < 1.29 is 41.6 Å². The second-order valence-corrected chi connectivity index (χ2v) is 5.80. The molecule has 0 aromatic heterocycles. The Morgan fingerprint density at radius 2 is 1.48 bits per heavy atom. The lowest BCUT2D eigenvalue weighted by molar-refractivity contribution is -0.159. The van der Waals surface area contributed by atoms with Crippen LogP contribution in [0.2, 0.25) is 0 Å². The van der Waals surface area contributed by atoms with Gasteiger partial charge in [0.1, 0.15) is 36.8 Å². The Kier molecular flexibility index (Phi) is 7.74. The Labute approximate surface area is 121 Å². The number of Topliss-reactive ketones (excluding diaryl/α,β-unsaturated/α-hetero) is 2. The minimum atomic E-state index is -4.49. The Balaban J connectivity index is 4.60. The van der Waals surface area contributed by atoms with Crippen LogP contribution in [-0.4, -0.2) is 54.9 Å². The number of esters is 2. The van der Waals surface area contributed by atoms with E-state index in [1.807, 2.05) is 0 Å². The van der Waals surface area contributed by atoms with Crippen LogP contribution in [0.3, 0.4) is 0 Å². The molecule has 0 aliphatic heterocycles. The third-order valence-corrected chi connectivity index (χ3v) is 2.70. The molecule has 0 heterocycles. The third-order valence-electron chi connectivity index (χ3n) is 1.91. The number of ketones is 2. The summed E-state index contributed by atoms with van der Waals surface area (Å²) in [6.07, 6.45) is -2.56. The Bertz CT molecular complexity index is 520. The van der Waals surface area contributed by atoms with Crippen LogP contribution >= 0.6 is 0 Å². The molecule has 0 bridgehead atoms. The normalized spacial score (nSPS) is 12.3. The molecule has 0 saturated carbocycles. The maximum Gasteiger partial charge on any atom is 0.313 e. The first kappa shape index (κ1) is 19.2. The van der Waals surface area contributed by atoms with Crippen LogP contribution in [0.4, 0.5) is 0 Å². The maximum atomic E-state index is 11.3. The summed E-state index contributed by atoms with van der Waals surface area (Å²) in [6, 6.07) is 0. The van der Waals surface area contributed by atoms with E-state index in [-0.39, 0.29) is 0 Å². The van der Waals surface area contributed by atoms with Crippen molar-refractivity contribution in [2.45, 2.75) is 32.8 Å². The van der Waals surface area contributed by atoms with E-state index >= 15 is 0 Å². The van der Waals surface area contributed by atoms with E-state index in [0.29, 0.717) is 0 Å². The van der Waals surface area contributed by atoms with Gasteiger partial charge in [0, 0.05) is 0 Å². The SMILES string of the molecule is CC(=O)CC(=O)OCC(CS(=O)(=O)O)OC(=O)CC(C)=O. The van der Waals surface area contributed by atoms with E-state index < -0.39 is 64.9 Å². The van der Waals surface area contributed by atoms with Crippen molar-refractivity contribution >= 4 is 33.6 Å². The summed E-state index contributed by atoms with van der Waals surface area (Å²) in [5.74, 6) is -3.90. The van der Waals surface area contributed by atoms with Crippen molar-refractivity contribution in [3.63, 3.8) is 0 Å². The molecule has 0 aliphatic rings. The zero-order valence-corrected chi connectivity index (χ0v) is 12.3. The van der Waals surface area contributed by atoms with E-state index in [9.17, 15) is 27.6 Å². The van der Waals surface area contributed by atoms with Gasteiger partial charge in [-0.15, -0.1) is 0 Å². The molecule has 1 unspecified atom stereocenters. The number of ether oxygens (including phenoxy) is 2. The van der Waals surface area contributed by atoms with Gasteiger partial charge in [-0.3, -0.25) is 23.7 Å². The topological polar surface area (TPSA) is 141 Å². The van der Waals surface area contributed by atoms with Crippen molar-refractivity contribution in [2.24, 2.45) is 0 Å². The van der Waals surface area contributed by atoms with Gasteiger partial charge in [0.2, 0.25) is 0 Å². The summed E-state index contributed by atoms with van der Waals surface area (Å²) in [7, 11) is -4.49. The lowest BCUT2D eigenvalue weighted by Gasteiger charge is -2.16. The first-order valence-corrected chi connectivity index (χ1v) is 7.39. The van der Waals surface area contributed by atoms with Crippen molar-refractivity contribution in [1.29, 1.82) is 0 Å². The fourth-order valence-corrected chi connectivity index (χ4v) is 1.86. The van der Waals surface area contributed by atoms with Crippen LogP contribution in [0, 0.1) is 0 Å². The molecule has 1 N–H and O–H groups in total. The summed E-state index contributed by atoms with van der Waals surface area (Å²) in [5, 5.41) is 0. The first-order valence-electron chi connectivity index (χ1n) is 5.78. The fourth-order valence-electron chi connectivity index (χ4n) is 1.22. The molecule has 9 nitrogen and oxygen atoms in total. The Morgan fingerprint density at radius 1 is 1.00 bits per heavy atom. The number of hydrogen-bond acceptors (Lipinski definition) is 8. The predicted molar refractivity (Wildman–Crippen MR) is 67.9 cm³/mol. The quantitative estimate of drug-likeness (QED) is 0.330. The highest BCUT2D eigenvalue weighted by molar-refractivity contribution is 7.85. The fraction of sp³-hybridized carbons (Fsp3) is 0.636. The summed E-state index contributed by atoms with van der Waals surface area (Å²) in [4.78, 5) is 43.8. The third kappa shape index (κ3) is 11.7. The van der Waals surface area contributed by atoms with Crippen molar-refractivity contribution in [3.05, 3.63) is 0 Å². The molecule has 0 aromatic carbocycles. The molecule has 0 rings (SSSR count). The van der Waals surface area contributed by atoms with E-state index in [1.165, 1.54) is 0 Å². The highest BCUT2D eigenvalue weighted by Gasteiger charge is 2.23. The van der Waals surface area contributed by atoms with Gasteiger partial charge >= 0.3 is 11.9 Å². The van der Waals surface area contributed by atoms with Gasteiger partial charge < -0.3 is 9.47 Å². The zero-order valence-electron chi connectivity index (χ0n) is 11.5. The summed E-state index contributed by atoms with van der Waals surface area (Å²) in [5.41, 5.74) is 0. The first-order chi connectivity index (χ1) is 9.49. The van der Waals surface area contributed by atoms with Crippen LogP contribution in [0.5, 0.6) is 0 Å². The lowest BCUT2D eigenvalue weighted by atomic mass is 10.3. The summed E-state index contributed by atoms with van der Waals surface area (Å²) < 4.78 is 39.5. The van der Waals surface area contributed by atoms with Gasteiger partial charge in [0.05, 0.1) is 0 Å². The zero-order chi connectivity index (χ0) is 16.6. The average molecular weight is 324 g/mol. The largest absolute Gasteiger partial charge is 0.461 e. The van der Waals surface area contributed by atoms with Crippen molar-refractivity contribution in [2.75, 3.05) is 12.4 Å². The van der Waals surface area contributed by atoms with Gasteiger partial charge in [0.15, 0.2) is 6.10 Å². The van der Waals surface area contributed by atoms with E-state index in [1.54, 1.807) is 0 Å². The highest BCUT2D eigenvalue weighted by atomic mass is 32.2. The second kappa shape index (κ2) is 8.47. The van der Waals surface area contributed by atoms with Crippen LogP contribution in [0.15, 0.2) is 0 Å². The molecule has 0 spiro atoms. The molecule has 0 radical (unpaired) electrons. The molecular formula is C11H16O9S. The van der Waals surface area contributed by atoms with Gasteiger partial charge in [-0.05, 0) is 13.8 Å². The van der Waals surface area contributed by atoms with Crippen LogP contribution in [-0.2, 0) is 38.8 Å². The molecule has 0 aromatic rings. The molecule has 21 heavy (non-hydrogen) atoms. The molecule has 0 saturated heterocycles. The molecule has 10 heteroatoms. The molecule has 0 aliphatic carbocycles. The molecule has 1 atom stereocenters. The van der Waals surface area contributed by atoms with Crippen LogP contribution in [0.25, 0.3) is 0 Å². The van der Waals surface area contributed by atoms with Gasteiger partial charge in [-0.1, -0.05) is 0 Å². The minimum absolute atomic E-state index is 0.458. The smallest absolute Gasteiger partial charge is 0.313 e. The second-order valence-electron chi connectivity index (χ2n) is 4.30. The molecular weight excluding hydrogens is 308 g/mol. The summed E-state index contributed by atoms with van der Waals surface area (Å²) in [6.45, 7) is 1.63. The predicted octanol–water partition coefficient (Wildman–Crippen LogP) is -0.713. The van der Waals surface area contributed by atoms with Crippen LogP contribution < -0.4 is 0 Å². The van der Waals surface area contributed by atoms with Crippen molar-refractivity contribution in [3.8, 4) is 0 Å². The van der Waals surface area contributed by atoms with Gasteiger partial charge in [0.25, 0.3) is 10.1 Å². The Hall–Kier alpha value is -1.81. The lowest BCUT2D eigenvalue weighted by Crippen LogP contribution is -2.32. The maximum absolute atomic E-state index is 11.3. The number of carbonyl (C=O) groups is 4. The number of hydrogen-bond donors (Lipinski definition) is 1. The standard InChI is InChI=1S/C11H16O9S/c1-7(12)3-10(14)19-5-9(6-21(16,17)18)20-11(15)4-8(2)13/h9H,3-6H2,1-2H3,(H,16,17,18). The molecule has 0 fully saturated rings. The number of carbonyl (C=O) groups excluding carboxylic acids is 4. The van der Waals surface area contributed by atoms with Gasteiger partial charge in [-0.2, -0.15) is 8.42 Å². The monoisotopic (exact) mass is 324 g/mol. The van der Waals surface area contributed by atoms with E-state index in [2.05, 4.69) is 9.47 Å². The van der Waals surface area contributed by atoms with Crippen molar-refractivity contribution in [1.82, 2.24) is 0 Å². The van der Waals surface area contributed by atoms with E-state index in [0.717, 1.165) is 13.8 Å². The molecule has 120 valence electrons. The summed E-state index contributed by atoms with van der Waals surface area (Å²) >= 11 is 0. The van der Waals surface area contributed by atoms with Gasteiger partial charge in [-0.25, -0.2) is 0 Å². The Morgan fingerprint density at radius 3 is 1.90 bits per heavy atom. The molecule has 0 amide bonds. The number of rotatable bonds is 9.